The number of aryl methyl sites for hydroxylation is 1. The summed E-state index contributed by atoms with van der Waals surface area (Å²) in [7, 11) is 0. The SMILES string of the molecule is Cc1ccc(NC(=O)c2ccc(OC3CSC3)cc2)cc1. The van der Waals surface area contributed by atoms with E-state index in [1.165, 1.54) is 5.56 Å². The van der Waals surface area contributed by atoms with E-state index in [0.29, 0.717) is 11.7 Å². The van der Waals surface area contributed by atoms with Crippen LogP contribution in [0.5, 0.6) is 5.75 Å². The molecule has 0 saturated carbocycles. The fourth-order valence-electron chi connectivity index (χ4n) is 2.00. The van der Waals surface area contributed by atoms with E-state index in [9.17, 15) is 4.79 Å². The number of nitrogens with one attached hydrogen (secondary N) is 1. The van der Waals surface area contributed by atoms with Crippen LogP contribution in [0.15, 0.2) is 48.5 Å². The van der Waals surface area contributed by atoms with Crippen LogP contribution >= 0.6 is 11.8 Å². The lowest BCUT2D eigenvalue weighted by Gasteiger charge is -2.25. The highest BCUT2D eigenvalue weighted by atomic mass is 32.2. The molecule has 1 amide bonds. The summed E-state index contributed by atoms with van der Waals surface area (Å²) in [6, 6.07) is 15.1. The maximum atomic E-state index is 12.1. The first-order chi connectivity index (χ1) is 10.2. The highest BCUT2D eigenvalue weighted by Gasteiger charge is 2.19. The molecule has 0 atom stereocenters. The van der Waals surface area contributed by atoms with Crippen LogP contribution in [0.4, 0.5) is 5.69 Å². The number of rotatable bonds is 4. The van der Waals surface area contributed by atoms with E-state index >= 15 is 0 Å². The molecule has 1 N–H and O–H groups in total. The molecule has 0 spiro atoms. The molecule has 1 heterocycles. The van der Waals surface area contributed by atoms with Crippen LogP contribution in [0, 0.1) is 6.92 Å². The summed E-state index contributed by atoms with van der Waals surface area (Å²) in [5, 5.41) is 2.88. The van der Waals surface area contributed by atoms with Crippen LogP contribution in [0.2, 0.25) is 0 Å². The van der Waals surface area contributed by atoms with Gasteiger partial charge in [-0.15, -0.1) is 0 Å². The summed E-state index contributed by atoms with van der Waals surface area (Å²) in [5.41, 5.74) is 2.60. The zero-order chi connectivity index (χ0) is 14.7. The topological polar surface area (TPSA) is 38.3 Å². The molecule has 0 aliphatic carbocycles. The molecule has 108 valence electrons. The van der Waals surface area contributed by atoms with Crippen molar-refractivity contribution in [1.29, 1.82) is 0 Å². The zero-order valence-corrected chi connectivity index (χ0v) is 12.7. The summed E-state index contributed by atoms with van der Waals surface area (Å²) >= 11 is 1.89. The Balaban J connectivity index is 1.62. The second-order valence-electron chi connectivity index (χ2n) is 5.12. The molecule has 0 aromatic heterocycles. The van der Waals surface area contributed by atoms with Gasteiger partial charge in [-0.25, -0.2) is 0 Å². The van der Waals surface area contributed by atoms with Gasteiger partial charge >= 0.3 is 0 Å². The molecule has 21 heavy (non-hydrogen) atoms. The Bertz CT molecular complexity index is 618. The van der Waals surface area contributed by atoms with Gasteiger partial charge in [-0.2, -0.15) is 11.8 Å². The Labute approximate surface area is 128 Å². The zero-order valence-electron chi connectivity index (χ0n) is 11.8. The smallest absolute Gasteiger partial charge is 0.255 e. The van der Waals surface area contributed by atoms with Gasteiger partial charge in [0.05, 0.1) is 0 Å². The standard InChI is InChI=1S/C17H17NO2S/c1-12-2-6-14(7-3-12)18-17(19)13-4-8-15(9-5-13)20-16-10-21-11-16/h2-9,16H,10-11H2,1H3,(H,18,19). The van der Waals surface area contributed by atoms with Crippen molar-refractivity contribution in [3.05, 3.63) is 59.7 Å². The molecule has 1 aliphatic rings. The number of hydrogen-bond acceptors (Lipinski definition) is 3. The molecule has 1 fully saturated rings. The second kappa shape index (κ2) is 6.22. The molecule has 3 rings (SSSR count). The van der Waals surface area contributed by atoms with Crippen LogP contribution in [0.1, 0.15) is 15.9 Å². The quantitative estimate of drug-likeness (QED) is 0.934. The first kappa shape index (κ1) is 14.0. The number of benzene rings is 2. The van der Waals surface area contributed by atoms with E-state index in [1.807, 2.05) is 55.1 Å². The molecule has 3 nitrogen and oxygen atoms in total. The van der Waals surface area contributed by atoms with Gasteiger partial charge in [0.1, 0.15) is 11.9 Å². The van der Waals surface area contributed by atoms with Crippen LogP contribution < -0.4 is 10.1 Å². The molecule has 1 saturated heterocycles. The molecule has 0 radical (unpaired) electrons. The van der Waals surface area contributed by atoms with Gasteiger partial charge in [-0.3, -0.25) is 4.79 Å². The lowest BCUT2D eigenvalue weighted by Crippen LogP contribution is -2.31. The Hall–Kier alpha value is -1.94. The first-order valence-corrected chi connectivity index (χ1v) is 8.09. The Morgan fingerprint density at radius 1 is 1.10 bits per heavy atom. The van der Waals surface area contributed by atoms with Gasteiger partial charge in [-0.05, 0) is 43.3 Å². The van der Waals surface area contributed by atoms with E-state index in [1.54, 1.807) is 12.1 Å². The summed E-state index contributed by atoms with van der Waals surface area (Å²) in [4.78, 5) is 12.1. The summed E-state index contributed by atoms with van der Waals surface area (Å²) in [5.74, 6) is 2.82. The Kier molecular flexibility index (Phi) is 4.15. The molecule has 2 aromatic rings. The van der Waals surface area contributed by atoms with Crippen molar-refractivity contribution in [3.8, 4) is 5.75 Å². The van der Waals surface area contributed by atoms with E-state index < -0.39 is 0 Å². The maximum absolute atomic E-state index is 12.1. The van der Waals surface area contributed by atoms with Crippen molar-refractivity contribution in [2.45, 2.75) is 13.0 Å². The third-order valence-electron chi connectivity index (χ3n) is 3.34. The Morgan fingerprint density at radius 3 is 2.33 bits per heavy atom. The molecule has 0 bridgehead atoms. The Morgan fingerprint density at radius 2 is 1.76 bits per heavy atom. The van der Waals surface area contributed by atoms with Crippen molar-refractivity contribution in [2.75, 3.05) is 16.8 Å². The number of amides is 1. The summed E-state index contributed by atoms with van der Waals surface area (Å²) in [6.45, 7) is 2.02. The van der Waals surface area contributed by atoms with Gasteiger partial charge in [0.2, 0.25) is 0 Å². The van der Waals surface area contributed by atoms with E-state index in [2.05, 4.69) is 5.32 Å². The van der Waals surface area contributed by atoms with E-state index in [4.69, 9.17) is 4.74 Å². The third-order valence-corrected chi connectivity index (χ3v) is 4.55. The first-order valence-electron chi connectivity index (χ1n) is 6.93. The van der Waals surface area contributed by atoms with Gasteiger partial charge in [0.25, 0.3) is 5.91 Å². The minimum atomic E-state index is -0.107. The van der Waals surface area contributed by atoms with Crippen LogP contribution in [0.3, 0.4) is 0 Å². The molecular formula is C17H17NO2S. The van der Waals surface area contributed by atoms with Gasteiger partial charge in [0, 0.05) is 22.8 Å². The number of thioether (sulfide) groups is 1. The monoisotopic (exact) mass is 299 g/mol. The fourth-order valence-corrected chi connectivity index (χ4v) is 2.56. The lowest BCUT2D eigenvalue weighted by atomic mass is 10.2. The van der Waals surface area contributed by atoms with Gasteiger partial charge in [0.15, 0.2) is 0 Å². The average molecular weight is 299 g/mol. The predicted molar refractivity (Wildman–Crippen MR) is 87.3 cm³/mol. The number of hydrogen-bond donors (Lipinski definition) is 1. The average Bonchev–Trinajstić information content (AvgIpc) is 2.46. The van der Waals surface area contributed by atoms with Gasteiger partial charge in [-0.1, -0.05) is 17.7 Å². The molecular weight excluding hydrogens is 282 g/mol. The van der Waals surface area contributed by atoms with E-state index in [-0.39, 0.29) is 5.91 Å². The largest absolute Gasteiger partial charge is 0.489 e. The van der Waals surface area contributed by atoms with Crippen molar-refractivity contribution >= 4 is 23.4 Å². The fraction of sp³-hybridized carbons (Fsp3) is 0.235. The number of carbonyl (C=O) groups excluding carboxylic acids is 1. The molecule has 1 aliphatic heterocycles. The number of ether oxygens (including phenoxy) is 1. The van der Waals surface area contributed by atoms with E-state index in [0.717, 1.165) is 22.9 Å². The molecule has 2 aromatic carbocycles. The maximum Gasteiger partial charge on any atom is 0.255 e. The van der Waals surface area contributed by atoms with Crippen LogP contribution in [-0.2, 0) is 0 Å². The van der Waals surface area contributed by atoms with Crippen molar-refractivity contribution in [1.82, 2.24) is 0 Å². The lowest BCUT2D eigenvalue weighted by molar-refractivity contribution is 0.102. The van der Waals surface area contributed by atoms with Crippen molar-refractivity contribution in [2.24, 2.45) is 0 Å². The van der Waals surface area contributed by atoms with Crippen LogP contribution in [0.25, 0.3) is 0 Å². The van der Waals surface area contributed by atoms with Crippen LogP contribution in [-0.4, -0.2) is 23.5 Å². The number of anilines is 1. The summed E-state index contributed by atoms with van der Waals surface area (Å²) < 4.78 is 5.76. The number of carbonyl (C=O) groups is 1. The summed E-state index contributed by atoms with van der Waals surface area (Å²) in [6.07, 6.45) is 0.322. The second-order valence-corrected chi connectivity index (χ2v) is 6.20. The highest BCUT2D eigenvalue weighted by molar-refractivity contribution is 8.00. The van der Waals surface area contributed by atoms with Crippen molar-refractivity contribution in [3.63, 3.8) is 0 Å². The highest BCUT2D eigenvalue weighted by Crippen LogP contribution is 2.24. The molecule has 0 unspecified atom stereocenters. The normalized spacial score (nSPS) is 14.3. The predicted octanol–water partition coefficient (Wildman–Crippen LogP) is 3.74. The minimum absolute atomic E-state index is 0.107. The van der Waals surface area contributed by atoms with Gasteiger partial charge < -0.3 is 10.1 Å². The molecule has 4 heteroatoms. The van der Waals surface area contributed by atoms with Crippen molar-refractivity contribution < 1.29 is 9.53 Å². The third kappa shape index (κ3) is 3.58. The minimum Gasteiger partial charge on any atom is -0.489 e.